The van der Waals surface area contributed by atoms with Crippen molar-refractivity contribution in [1.82, 2.24) is 0 Å². The van der Waals surface area contributed by atoms with Gasteiger partial charge >= 0.3 is 33.7 Å². The van der Waals surface area contributed by atoms with Gasteiger partial charge in [0.25, 0.3) is 0 Å². The Balaban J connectivity index is 0. The smallest absolute Gasteiger partial charge is 0.481 e. The number of hydrogen-bond donors (Lipinski definition) is 2. The molecule has 0 aromatic carbocycles. The van der Waals surface area contributed by atoms with Gasteiger partial charge in [-0.05, 0) is 0 Å². The van der Waals surface area contributed by atoms with E-state index in [4.69, 9.17) is 10.2 Å². The van der Waals surface area contributed by atoms with Gasteiger partial charge in [0.05, 0.1) is 0 Å². The van der Waals surface area contributed by atoms with Crippen molar-refractivity contribution in [3.63, 3.8) is 0 Å². The van der Waals surface area contributed by atoms with Gasteiger partial charge < -0.3 is 10.2 Å². The molecule has 2 aliphatic carbocycles. The van der Waals surface area contributed by atoms with Crippen LogP contribution in [0.4, 0.5) is 0 Å². The van der Waals surface area contributed by atoms with Crippen LogP contribution in [0.2, 0.25) is 13.1 Å². The molecule has 0 saturated carbocycles. The number of carbonyl (C=O) groups is 2. The molecule has 0 bridgehead atoms. The maximum Gasteiger partial charge on any atom is 2.00 e. The molecule has 6 heteroatoms. The third-order valence-corrected chi connectivity index (χ3v) is 6.72. The fourth-order valence-corrected chi connectivity index (χ4v) is 4.26. The summed E-state index contributed by atoms with van der Waals surface area (Å²) in [5.74, 6) is -1.49. The Labute approximate surface area is 160 Å². The van der Waals surface area contributed by atoms with E-state index in [0.717, 1.165) is 12.8 Å². The Morgan fingerprint density at radius 3 is 1.42 bits per heavy atom. The first-order chi connectivity index (χ1) is 10.8. The van der Waals surface area contributed by atoms with E-state index >= 15 is 0 Å². The SMILES string of the molecule is CCC(=O)O.CCC(=O)O.C[Si](C)(C1=[C-]CC=C1)C1=[C-]CC=C1.[Ti+2]. The van der Waals surface area contributed by atoms with Crippen LogP contribution in [-0.4, -0.2) is 30.2 Å². The predicted octanol–water partition coefficient (Wildman–Crippen LogP) is 4.11. The minimum Gasteiger partial charge on any atom is -0.481 e. The predicted molar refractivity (Wildman–Crippen MR) is 94.4 cm³/mol. The second-order valence-electron chi connectivity index (χ2n) is 5.51. The van der Waals surface area contributed by atoms with Gasteiger partial charge in [-0.3, -0.25) is 21.7 Å². The molecule has 2 rings (SSSR count). The van der Waals surface area contributed by atoms with Gasteiger partial charge in [-0.15, -0.1) is 12.8 Å². The first-order valence-electron chi connectivity index (χ1n) is 7.74. The summed E-state index contributed by atoms with van der Waals surface area (Å²) < 4.78 is 0. The molecule has 0 fully saturated rings. The molecule has 0 aromatic heterocycles. The van der Waals surface area contributed by atoms with Crippen LogP contribution in [0.3, 0.4) is 0 Å². The van der Waals surface area contributed by atoms with Crippen molar-refractivity contribution >= 4 is 20.0 Å². The average Bonchev–Trinajstić information content (AvgIpc) is 3.21. The summed E-state index contributed by atoms with van der Waals surface area (Å²) in [5, 5.41) is 18.3. The van der Waals surface area contributed by atoms with Crippen LogP contribution in [0.25, 0.3) is 0 Å². The normalized spacial score (nSPS) is 14.3. The van der Waals surface area contributed by atoms with E-state index in [-0.39, 0.29) is 34.6 Å². The summed E-state index contributed by atoms with van der Waals surface area (Å²) in [7, 11) is -1.40. The quantitative estimate of drug-likeness (QED) is 0.567. The van der Waals surface area contributed by atoms with E-state index in [1.165, 1.54) is 10.4 Å². The molecular formula is C18H26O4SiTi. The van der Waals surface area contributed by atoms with Crippen LogP contribution in [-0.2, 0) is 31.3 Å². The molecule has 0 aromatic rings. The molecule has 0 amide bonds. The van der Waals surface area contributed by atoms with Crippen molar-refractivity contribution in [3.8, 4) is 0 Å². The molecule has 2 aliphatic rings. The van der Waals surface area contributed by atoms with Crippen molar-refractivity contribution in [2.45, 2.75) is 52.6 Å². The molecule has 0 radical (unpaired) electrons. The minimum atomic E-state index is -1.40. The van der Waals surface area contributed by atoms with Crippen molar-refractivity contribution in [1.29, 1.82) is 0 Å². The Morgan fingerprint density at radius 2 is 1.25 bits per heavy atom. The monoisotopic (exact) mass is 382 g/mol. The summed E-state index contributed by atoms with van der Waals surface area (Å²) in [6, 6.07) is 0. The molecule has 0 spiro atoms. The second kappa shape index (κ2) is 13.2. The zero-order valence-electron chi connectivity index (χ0n) is 14.8. The van der Waals surface area contributed by atoms with Crippen LogP contribution in [0.5, 0.6) is 0 Å². The summed E-state index contributed by atoms with van der Waals surface area (Å²) >= 11 is 0. The molecule has 0 aliphatic heterocycles. The van der Waals surface area contributed by atoms with E-state index in [2.05, 4.69) is 49.6 Å². The van der Waals surface area contributed by atoms with Gasteiger partial charge in [0.15, 0.2) is 0 Å². The van der Waals surface area contributed by atoms with Crippen molar-refractivity contribution < 1.29 is 41.5 Å². The zero-order valence-corrected chi connectivity index (χ0v) is 17.4. The third kappa shape index (κ3) is 9.86. The third-order valence-electron chi connectivity index (χ3n) is 3.34. The standard InChI is InChI=1S/C12H14Si.2C3H6O2.Ti/c1-13(2,11-7-3-4-8-11)12-9-5-6-10-12;2*1-2-3(4)5;/h3,5,7,9H,4,6H2,1-2H3;2*2H2,1H3,(H,4,5);/q-2;;;+2. The molecule has 0 atom stereocenters. The molecule has 130 valence electrons. The van der Waals surface area contributed by atoms with Gasteiger partial charge in [-0.25, -0.2) is 22.5 Å². The number of aliphatic carboxylic acids is 2. The second-order valence-corrected chi connectivity index (χ2v) is 9.84. The van der Waals surface area contributed by atoms with E-state index in [1.807, 2.05) is 0 Å². The largest absolute Gasteiger partial charge is 2.00 e. The van der Waals surface area contributed by atoms with Gasteiger partial charge in [-0.2, -0.15) is 12.2 Å². The topological polar surface area (TPSA) is 74.6 Å². The zero-order chi connectivity index (χ0) is 17.9. The molecule has 0 heterocycles. The van der Waals surface area contributed by atoms with Crippen molar-refractivity contribution in [2.75, 3.05) is 0 Å². The molecule has 0 unspecified atom stereocenters. The van der Waals surface area contributed by atoms with Gasteiger partial charge in [0, 0.05) is 20.9 Å². The summed E-state index contributed by atoms with van der Waals surface area (Å²) in [5.41, 5.74) is 0. The average molecular weight is 382 g/mol. The Kier molecular flexibility index (Phi) is 13.7. The fraction of sp³-hybridized carbons (Fsp3) is 0.444. The number of carboxylic acid groups (broad SMARTS) is 2. The first kappa shape index (κ1) is 25.1. The molecular weight excluding hydrogens is 356 g/mol. The van der Waals surface area contributed by atoms with Crippen LogP contribution in [0, 0.1) is 12.2 Å². The molecule has 0 saturated heterocycles. The summed E-state index contributed by atoms with van der Waals surface area (Å²) in [6.07, 6.45) is 18.2. The van der Waals surface area contributed by atoms with Crippen LogP contribution < -0.4 is 0 Å². The Morgan fingerprint density at radius 1 is 0.958 bits per heavy atom. The number of allylic oxidation sites excluding steroid dienone is 8. The number of hydrogen-bond acceptors (Lipinski definition) is 2. The fourth-order valence-electron chi connectivity index (χ4n) is 1.81. The maximum absolute atomic E-state index is 9.37. The van der Waals surface area contributed by atoms with E-state index in [0.29, 0.717) is 0 Å². The van der Waals surface area contributed by atoms with Crippen LogP contribution in [0.15, 0.2) is 34.7 Å². The number of rotatable bonds is 4. The summed E-state index contributed by atoms with van der Waals surface area (Å²) in [4.78, 5) is 18.7. The molecule has 4 nitrogen and oxygen atoms in total. The first-order valence-corrected chi connectivity index (χ1v) is 10.7. The van der Waals surface area contributed by atoms with Gasteiger partial charge in [0.2, 0.25) is 0 Å². The van der Waals surface area contributed by atoms with Crippen LogP contribution in [0.1, 0.15) is 39.5 Å². The van der Waals surface area contributed by atoms with Crippen LogP contribution >= 0.6 is 0 Å². The summed E-state index contributed by atoms with van der Waals surface area (Å²) in [6.45, 7) is 7.96. The maximum atomic E-state index is 9.37. The minimum absolute atomic E-state index is 0. The Hall–Kier alpha value is -1.17. The number of carboxylic acids is 2. The van der Waals surface area contributed by atoms with Gasteiger partial charge in [-0.1, -0.05) is 26.9 Å². The van der Waals surface area contributed by atoms with E-state index in [1.54, 1.807) is 13.8 Å². The Bertz CT molecular complexity index is 485. The van der Waals surface area contributed by atoms with E-state index < -0.39 is 20.0 Å². The van der Waals surface area contributed by atoms with Gasteiger partial charge in [0.1, 0.15) is 0 Å². The van der Waals surface area contributed by atoms with Crippen molar-refractivity contribution in [2.24, 2.45) is 0 Å². The molecule has 24 heavy (non-hydrogen) atoms. The van der Waals surface area contributed by atoms with Crippen molar-refractivity contribution in [3.05, 3.63) is 46.8 Å². The van der Waals surface area contributed by atoms with E-state index in [9.17, 15) is 9.59 Å². The molecule has 2 N–H and O–H groups in total.